The molecule has 0 saturated carbocycles. The molecule has 0 aromatic heterocycles. The van der Waals surface area contributed by atoms with E-state index in [-0.39, 0.29) is 54.8 Å². The third kappa shape index (κ3) is 63.6. The van der Waals surface area contributed by atoms with Crippen LogP contribution in [0.2, 0.25) is 0 Å². The molecule has 0 bridgehead atoms. The molecule has 7 N–H and O–H groups in total. The Morgan fingerprint density at radius 2 is 0.933 bits per heavy atom. The number of rotatable bonds is 58. The van der Waals surface area contributed by atoms with Crippen LogP contribution < -0.4 is 5.32 Å². The highest BCUT2D eigenvalue weighted by Crippen LogP contribution is 2.25. The second-order valence-corrected chi connectivity index (χ2v) is 25.7. The Morgan fingerprint density at radius 3 is 1.46 bits per heavy atom. The minimum absolute atomic E-state index is 0.0537. The number of unbranched alkanes of at least 4 members (excludes halogenated alkanes) is 24. The van der Waals surface area contributed by atoms with E-state index in [0.717, 1.165) is 75.0 Å². The van der Waals surface area contributed by atoms with Gasteiger partial charge in [0.05, 0.1) is 30.6 Å². The molecule has 13 nitrogen and oxygen atoms in total. The predicted molar refractivity (Wildman–Crippen MR) is 378 cm³/mol. The Bertz CT molecular complexity index is 2060. The largest absolute Gasteiger partial charge is 0.481 e. The normalized spacial score (nSPS) is 13.4. The van der Waals surface area contributed by atoms with Crippen molar-refractivity contribution in [1.29, 1.82) is 0 Å². The standard InChI is InChI=1S/C27H38O3S.C24H43NO5S.C22H40O4S/c1-2-3-4-5-6-7-8-9-10-11-12-16-21-26(25(28)20-17-22-27(29)30)31-23-24-18-14-13-15-19-24;1-3-4-5-6-7-8-9-10-11-12-13-15-20(22(27)16-14-17-23(28)29)24(30)21(18-31)25-19(2)26;23-21(24)17-15-13-11-9-7-5-3-1-2-4-6-8-10-12-14-16-19-27-20-18-22(25)26/h6-7,9-16,18-19,21,25-26,28H,2-5,8,17,20,22-23H2,1H3,(H,29,30);13,15,20-22,27,31H,3-12,14,16-18H2,1-2H3,(H,25,26)(H,28,29);5,7H,1-4,6,8-20H2,(H,23,24)(H,25,26)/b7-6?,10-9-,12-11-,21-16?;;7-5+/t25-,26+;20-,21-,22-;/m00./s1. The van der Waals surface area contributed by atoms with Gasteiger partial charge in [-0.15, -0.1) is 11.8 Å². The van der Waals surface area contributed by atoms with Crippen LogP contribution in [0, 0.1) is 5.92 Å². The molecule has 1 rings (SSSR count). The summed E-state index contributed by atoms with van der Waals surface area (Å²) in [6.45, 7) is 5.78. The number of nitrogens with one attached hydrogen (secondary N) is 1. The molecule has 16 heteroatoms. The van der Waals surface area contributed by atoms with Crippen LogP contribution in [0.4, 0.5) is 0 Å². The third-order valence-corrected chi connectivity index (χ3v) is 17.4. The van der Waals surface area contributed by atoms with Crippen molar-refractivity contribution in [1.82, 2.24) is 5.32 Å². The third-order valence-electron chi connectivity index (χ3n) is 14.6. The van der Waals surface area contributed by atoms with Crippen molar-refractivity contribution in [2.75, 3.05) is 17.3 Å². The number of carboxylic acid groups (broad SMARTS) is 4. The van der Waals surface area contributed by atoms with E-state index in [1.165, 1.54) is 141 Å². The predicted octanol–water partition coefficient (Wildman–Crippen LogP) is 18.5. The Kier molecular flexibility index (Phi) is 64.9. The van der Waals surface area contributed by atoms with Crippen LogP contribution in [0.5, 0.6) is 0 Å². The highest BCUT2D eigenvalue weighted by Gasteiger charge is 2.30. The number of carboxylic acids is 4. The van der Waals surface area contributed by atoms with E-state index < -0.39 is 48.0 Å². The smallest absolute Gasteiger partial charge is 0.304 e. The first kappa shape index (κ1) is 86.7. The van der Waals surface area contributed by atoms with Gasteiger partial charge in [0, 0.05) is 48.7 Å². The van der Waals surface area contributed by atoms with Crippen molar-refractivity contribution in [2.45, 2.75) is 288 Å². The maximum absolute atomic E-state index is 12.9. The molecule has 0 radical (unpaired) electrons. The van der Waals surface area contributed by atoms with Gasteiger partial charge < -0.3 is 36.0 Å². The Labute approximate surface area is 552 Å². The van der Waals surface area contributed by atoms with Crippen LogP contribution in [0.15, 0.2) is 103 Å². The summed E-state index contributed by atoms with van der Waals surface area (Å²) in [5, 5.41) is 58.3. The molecule has 0 unspecified atom stereocenters. The van der Waals surface area contributed by atoms with E-state index in [9.17, 15) is 39.0 Å². The van der Waals surface area contributed by atoms with Crippen LogP contribution in [-0.4, -0.2) is 107 Å². The minimum Gasteiger partial charge on any atom is -0.481 e. The van der Waals surface area contributed by atoms with Crippen LogP contribution in [0.1, 0.15) is 264 Å². The number of carbonyl (C=O) groups excluding carboxylic acids is 2. The number of thioether (sulfide) groups is 2. The van der Waals surface area contributed by atoms with Gasteiger partial charge in [0.15, 0.2) is 5.78 Å². The second kappa shape index (κ2) is 66.6. The number of Topliss-reactive ketones (excluding diaryl/α,β-unsaturated/α-hetero) is 1. The van der Waals surface area contributed by atoms with Crippen molar-refractivity contribution in [3.05, 3.63) is 109 Å². The van der Waals surface area contributed by atoms with E-state index in [1.54, 1.807) is 29.6 Å². The van der Waals surface area contributed by atoms with Crippen molar-refractivity contribution < 1.29 is 59.4 Å². The maximum Gasteiger partial charge on any atom is 0.304 e. The fourth-order valence-corrected chi connectivity index (χ4v) is 11.8. The summed E-state index contributed by atoms with van der Waals surface area (Å²) < 4.78 is 0. The molecule has 0 aliphatic heterocycles. The molecule has 0 spiro atoms. The molecule has 0 aliphatic carbocycles. The topological polar surface area (TPSA) is 236 Å². The molecule has 0 fully saturated rings. The molecule has 1 aromatic rings. The number of hydrogen-bond acceptors (Lipinski definition) is 11. The summed E-state index contributed by atoms with van der Waals surface area (Å²) in [7, 11) is 0. The highest BCUT2D eigenvalue weighted by molar-refractivity contribution is 7.99. The second-order valence-electron chi connectivity index (χ2n) is 23.0. The first-order valence-corrected chi connectivity index (χ1v) is 36.8. The molecular weight excluding hydrogens is 1180 g/mol. The van der Waals surface area contributed by atoms with Gasteiger partial charge in [-0.25, -0.2) is 0 Å². The van der Waals surface area contributed by atoms with Gasteiger partial charge in [-0.3, -0.25) is 28.8 Å². The molecule has 0 heterocycles. The monoisotopic (exact) mass is 1300 g/mol. The number of benzene rings is 1. The van der Waals surface area contributed by atoms with E-state index in [4.69, 9.17) is 20.4 Å². The van der Waals surface area contributed by atoms with Crippen LogP contribution >= 0.6 is 36.2 Å². The Balaban J connectivity index is 0. The zero-order chi connectivity index (χ0) is 66.1. The van der Waals surface area contributed by atoms with Gasteiger partial charge in [-0.2, -0.15) is 24.4 Å². The molecule has 5 atom stereocenters. The number of carbonyl (C=O) groups is 6. The van der Waals surface area contributed by atoms with E-state index in [2.05, 4.69) is 74.3 Å². The van der Waals surface area contributed by atoms with Gasteiger partial charge in [0.25, 0.3) is 0 Å². The number of hydrogen-bond donors (Lipinski definition) is 8. The van der Waals surface area contributed by atoms with Gasteiger partial charge >= 0.3 is 23.9 Å². The van der Waals surface area contributed by atoms with Crippen LogP contribution in [0.3, 0.4) is 0 Å². The number of aliphatic hydroxyl groups is 2. The minimum atomic E-state index is -0.984. The lowest BCUT2D eigenvalue weighted by Crippen LogP contribution is -2.46. The molecule has 508 valence electrons. The van der Waals surface area contributed by atoms with E-state index >= 15 is 0 Å². The summed E-state index contributed by atoms with van der Waals surface area (Å²) in [6, 6.07) is 9.39. The Morgan fingerprint density at radius 1 is 0.483 bits per heavy atom. The molecule has 89 heavy (non-hydrogen) atoms. The zero-order valence-corrected chi connectivity index (χ0v) is 57.6. The average Bonchev–Trinajstić information content (AvgIpc) is 3.57. The van der Waals surface area contributed by atoms with Crippen molar-refractivity contribution in [3.63, 3.8) is 0 Å². The number of allylic oxidation sites excluding steroid dienone is 10. The number of ketones is 1. The summed E-state index contributed by atoms with van der Waals surface area (Å²) in [5.74, 6) is -1.73. The molecule has 1 amide bonds. The SMILES string of the molecule is CCCCCC=CC/C=C\C=C/C=C[C@@H](SCc1ccccc1)[C@@H](O)CCCC(=O)O.CCCCCCCCCCCC=C[C@H](C(=O)[C@H](CS)NC(C)=O)[C@@H](O)CCCC(=O)O.O=C(O)CCCCC/C=C/CCCCCCCCCCCSCCC(=O)O. The molecular formula is C73H121NO12S3. The average molecular weight is 1300 g/mol. The van der Waals surface area contributed by atoms with Crippen LogP contribution in [-0.2, 0) is 34.5 Å². The molecule has 0 saturated heterocycles. The van der Waals surface area contributed by atoms with Crippen molar-refractivity contribution >= 4 is 71.7 Å². The quantitative estimate of drug-likeness (QED) is 0.0131. The fourth-order valence-electron chi connectivity index (χ4n) is 9.42. The van der Waals surface area contributed by atoms with Gasteiger partial charge in [-0.1, -0.05) is 233 Å². The number of aliphatic carboxylic acids is 4. The number of thiol groups is 1. The van der Waals surface area contributed by atoms with Gasteiger partial charge in [-0.05, 0) is 108 Å². The zero-order valence-electron chi connectivity index (χ0n) is 55.1. The van der Waals surface area contributed by atoms with E-state index in [1.807, 2.05) is 54.7 Å². The van der Waals surface area contributed by atoms with E-state index in [0.29, 0.717) is 19.3 Å². The highest BCUT2D eigenvalue weighted by atomic mass is 32.2. The van der Waals surface area contributed by atoms with Gasteiger partial charge in [0.1, 0.15) is 0 Å². The summed E-state index contributed by atoms with van der Waals surface area (Å²) >= 11 is 7.60. The molecule has 0 aliphatic rings. The van der Waals surface area contributed by atoms with Crippen molar-refractivity contribution in [3.8, 4) is 0 Å². The summed E-state index contributed by atoms with van der Waals surface area (Å²) in [6.07, 6.45) is 60.2. The lowest BCUT2D eigenvalue weighted by molar-refractivity contribution is -0.138. The number of amides is 1. The fraction of sp³-hybridized carbons (Fsp3) is 0.671. The summed E-state index contributed by atoms with van der Waals surface area (Å²) in [4.78, 5) is 66.5. The first-order chi connectivity index (χ1) is 43.1. The summed E-state index contributed by atoms with van der Waals surface area (Å²) in [5.41, 5.74) is 1.21. The van der Waals surface area contributed by atoms with Gasteiger partial charge in [0.2, 0.25) is 5.91 Å². The van der Waals surface area contributed by atoms with Crippen molar-refractivity contribution in [2.24, 2.45) is 5.92 Å². The number of aliphatic hydroxyl groups excluding tert-OH is 2. The maximum atomic E-state index is 12.9. The lowest BCUT2D eigenvalue weighted by Gasteiger charge is -2.23. The van der Waals surface area contributed by atoms with Crippen LogP contribution in [0.25, 0.3) is 0 Å². The lowest BCUT2D eigenvalue weighted by atomic mass is 9.89. The molecule has 1 aromatic carbocycles. The Hall–Kier alpha value is -4.35. The first-order valence-electron chi connectivity index (χ1n) is 33.9.